The van der Waals surface area contributed by atoms with Crippen molar-refractivity contribution in [2.75, 3.05) is 6.54 Å². The summed E-state index contributed by atoms with van der Waals surface area (Å²) in [6.07, 6.45) is 7.05. The summed E-state index contributed by atoms with van der Waals surface area (Å²) in [6.45, 7) is 3.38. The molecular formula is C16H19N5O2. The van der Waals surface area contributed by atoms with E-state index in [1.807, 2.05) is 28.9 Å². The quantitative estimate of drug-likeness (QED) is 0.910. The molecule has 2 aromatic heterocycles. The van der Waals surface area contributed by atoms with Gasteiger partial charge in [0.1, 0.15) is 5.69 Å². The normalized spacial score (nSPS) is 17.4. The highest BCUT2D eigenvalue weighted by molar-refractivity contribution is 5.95. The minimum Gasteiger partial charge on any atom is -0.366 e. The molecule has 23 heavy (non-hydrogen) atoms. The molecule has 3 rings (SSSR count). The highest BCUT2D eigenvalue weighted by Crippen LogP contribution is 2.21. The number of aromatic nitrogens is 3. The van der Waals surface area contributed by atoms with Gasteiger partial charge < -0.3 is 10.6 Å². The first-order chi connectivity index (χ1) is 11.0. The topological polar surface area (TPSA) is 94.1 Å². The van der Waals surface area contributed by atoms with Crippen molar-refractivity contribution in [3.05, 3.63) is 47.5 Å². The lowest BCUT2D eigenvalue weighted by Crippen LogP contribution is -2.38. The lowest BCUT2D eigenvalue weighted by Gasteiger charge is -2.24. The van der Waals surface area contributed by atoms with Crippen molar-refractivity contribution in [1.29, 1.82) is 0 Å². The number of carbonyl (C=O) groups is 2. The Kier molecular flexibility index (Phi) is 4.10. The Bertz CT molecular complexity index is 722. The van der Waals surface area contributed by atoms with Gasteiger partial charge in [0.2, 0.25) is 5.91 Å². The van der Waals surface area contributed by atoms with Gasteiger partial charge in [-0.15, -0.1) is 0 Å². The summed E-state index contributed by atoms with van der Waals surface area (Å²) < 4.78 is 1.87. The summed E-state index contributed by atoms with van der Waals surface area (Å²) in [7, 11) is 0. The largest absolute Gasteiger partial charge is 0.366 e. The maximum Gasteiger partial charge on any atom is 0.272 e. The van der Waals surface area contributed by atoms with Crippen LogP contribution in [0, 0.1) is 6.92 Å². The number of carbonyl (C=O) groups excluding carboxylic acids is 2. The molecule has 0 aliphatic carbocycles. The molecule has 2 aromatic rings. The second kappa shape index (κ2) is 6.20. The Morgan fingerprint density at radius 3 is 2.78 bits per heavy atom. The van der Waals surface area contributed by atoms with Gasteiger partial charge in [0.15, 0.2) is 0 Å². The fourth-order valence-corrected chi connectivity index (χ4v) is 2.89. The Morgan fingerprint density at radius 2 is 2.17 bits per heavy atom. The van der Waals surface area contributed by atoms with Crippen LogP contribution < -0.4 is 5.73 Å². The second-order valence-electron chi connectivity index (χ2n) is 5.83. The number of aryl methyl sites for hydroxylation is 1. The molecule has 0 unspecified atom stereocenters. The van der Waals surface area contributed by atoms with Crippen molar-refractivity contribution in [1.82, 2.24) is 19.7 Å². The predicted molar refractivity (Wildman–Crippen MR) is 83.8 cm³/mol. The number of hydrogen-bond acceptors (Lipinski definition) is 4. The molecule has 0 bridgehead atoms. The molecule has 1 saturated heterocycles. The number of nitrogens with zero attached hydrogens (tertiary/aromatic N) is 4. The third kappa shape index (κ3) is 3.23. The smallest absolute Gasteiger partial charge is 0.272 e. The molecule has 2 amide bonds. The van der Waals surface area contributed by atoms with E-state index in [2.05, 4.69) is 10.1 Å². The number of hydrogen-bond donors (Lipinski definition) is 1. The molecule has 7 heteroatoms. The van der Waals surface area contributed by atoms with E-state index in [9.17, 15) is 9.59 Å². The molecule has 1 aliphatic rings. The lowest BCUT2D eigenvalue weighted by atomic mass is 10.2. The zero-order chi connectivity index (χ0) is 16.4. The van der Waals surface area contributed by atoms with E-state index in [-0.39, 0.29) is 11.9 Å². The zero-order valence-corrected chi connectivity index (χ0v) is 13.0. The van der Waals surface area contributed by atoms with E-state index < -0.39 is 5.91 Å². The first kappa shape index (κ1) is 15.2. The van der Waals surface area contributed by atoms with Gasteiger partial charge in [-0.3, -0.25) is 19.3 Å². The first-order valence-electron chi connectivity index (χ1n) is 7.60. The fourth-order valence-electron chi connectivity index (χ4n) is 2.89. The number of primary amides is 1. The van der Waals surface area contributed by atoms with Crippen LogP contribution in [0.1, 0.15) is 39.3 Å². The van der Waals surface area contributed by atoms with Crippen LogP contribution in [0.4, 0.5) is 0 Å². The van der Waals surface area contributed by atoms with E-state index in [1.165, 1.54) is 12.3 Å². The molecule has 1 atom stereocenters. The molecule has 0 radical (unpaired) electrons. The summed E-state index contributed by atoms with van der Waals surface area (Å²) in [5.74, 6) is -0.669. The van der Waals surface area contributed by atoms with Gasteiger partial charge in [-0.05, 0) is 37.5 Å². The van der Waals surface area contributed by atoms with Crippen LogP contribution in [-0.4, -0.2) is 44.1 Å². The summed E-state index contributed by atoms with van der Waals surface area (Å²) in [6, 6.07) is 3.19. The number of likely N-dealkylation sites (tertiary alicyclic amines) is 1. The number of pyridine rings is 1. The highest BCUT2D eigenvalue weighted by atomic mass is 16.2. The summed E-state index contributed by atoms with van der Waals surface area (Å²) in [5, 5.41) is 4.29. The van der Waals surface area contributed by atoms with Crippen molar-refractivity contribution >= 4 is 11.8 Å². The monoisotopic (exact) mass is 313 g/mol. The first-order valence-corrected chi connectivity index (χ1v) is 7.60. The summed E-state index contributed by atoms with van der Waals surface area (Å²) in [5.41, 5.74) is 6.92. The van der Waals surface area contributed by atoms with Crippen LogP contribution in [0.15, 0.2) is 30.7 Å². The standard InChI is InChI=1S/C16H19N5O2/c1-11-7-19-20(9-11)10-13-3-2-6-21(13)16(23)14-5-4-12(8-18-14)15(17)22/h4-5,7-9,13H,2-3,6,10H2,1H3,(H2,17,22)/t13-/m1/s1. The van der Waals surface area contributed by atoms with Gasteiger partial charge in [0.05, 0.1) is 24.3 Å². The summed E-state index contributed by atoms with van der Waals surface area (Å²) in [4.78, 5) is 29.6. The predicted octanol–water partition coefficient (Wildman–Crippen LogP) is 0.990. The van der Waals surface area contributed by atoms with Crippen molar-refractivity contribution in [2.24, 2.45) is 5.73 Å². The Balaban J connectivity index is 1.73. The molecule has 1 aliphatic heterocycles. The van der Waals surface area contributed by atoms with E-state index in [0.717, 1.165) is 18.4 Å². The van der Waals surface area contributed by atoms with Gasteiger partial charge in [0.25, 0.3) is 5.91 Å². The molecule has 0 saturated carbocycles. The number of amides is 2. The van der Waals surface area contributed by atoms with Gasteiger partial charge in [-0.25, -0.2) is 0 Å². The van der Waals surface area contributed by atoms with Crippen LogP contribution in [0.5, 0.6) is 0 Å². The second-order valence-corrected chi connectivity index (χ2v) is 5.83. The van der Waals surface area contributed by atoms with Gasteiger partial charge in [-0.2, -0.15) is 5.10 Å². The van der Waals surface area contributed by atoms with E-state index in [4.69, 9.17) is 5.73 Å². The average Bonchev–Trinajstić information content (AvgIpc) is 3.16. The SMILES string of the molecule is Cc1cnn(C[C@H]2CCCN2C(=O)c2ccc(C(N)=O)cn2)c1. The zero-order valence-electron chi connectivity index (χ0n) is 13.0. The number of nitrogens with two attached hydrogens (primary N) is 1. The van der Waals surface area contributed by atoms with Crippen LogP contribution >= 0.6 is 0 Å². The van der Waals surface area contributed by atoms with Gasteiger partial charge in [0, 0.05) is 18.9 Å². The molecule has 2 N–H and O–H groups in total. The van der Waals surface area contributed by atoms with Crippen LogP contribution in [-0.2, 0) is 6.54 Å². The van der Waals surface area contributed by atoms with Gasteiger partial charge >= 0.3 is 0 Å². The minimum atomic E-state index is -0.551. The molecule has 120 valence electrons. The van der Waals surface area contributed by atoms with Crippen molar-refractivity contribution in [2.45, 2.75) is 32.4 Å². The fraction of sp³-hybridized carbons (Fsp3) is 0.375. The molecule has 1 fully saturated rings. The Labute approximate surface area is 134 Å². The highest BCUT2D eigenvalue weighted by Gasteiger charge is 2.30. The van der Waals surface area contributed by atoms with Crippen molar-refractivity contribution in [3.63, 3.8) is 0 Å². The van der Waals surface area contributed by atoms with Crippen LogP contribution in [0.2, 0.25) is 0 Å². The van der Waals surface area contributed by atoms with Crippen LogP contribution in [0.25, 0.3) is 0 Å². The van der Waals surface area contributed by atoms with Crippen LogP contribution in [0.3, 0.4) is 0 Å². The maximum atomic E-state index is 12.7. The van der Waals surface area contributed by atoms with E-state index in [1.54, 1.807) is 6.07 Å². The third-order valence-corrected chi connectivity index (χ3v) is 4.07. The molecule has 0 aromatic carbocycles. The van der Waals surface area contributed by atoms with E-state index in [0.29, 0.717) is 24.3 Å². The number of rotatable bonds is 4. The molecule has 0 spiro atoms. The average molecular weight is 313 g/mol. The molecule has 7 nitrogen and oxygen atoms in total. The van der Waals surface area contributed by atoms with Crippen molar-refractivity contribution in [3.8, 4) is 0 Å². The minimum absolute atomic E-state index is 0.111. The molecular weight excluding hydrogens is 294 g/mol. The lowest BCUT2D eigenvalue weighted by molar-refractivity contribution is 0.0715. The maximum absolute atomic E-state index is 12.7. The van der Waals surface area contributed by atoms with Gasteiger partial charge in [-0.1, -0.05) is 0 Å². The molecule has 3 heterocycles. The third-order valence-electron chi connectivity index (χ3n) is 4.07. The van der Waals surface area contributed by atoms with E-state index >= 15 is 0 Å². The summed E-state index contributed by atoms with van der Waals surface area (Å²) >= 11 is 0. The Morgan fingerprint density at radius 1 is 1.35 bits per heavy atom. The Hall–Kier alpha value is -2.70. The van der Waals surface area contributed by atoms with Crippen molar-refractivity contribution < 1.29 is 9.59 Å².